The van der Waals surface area contributed by atoms with E-state index < -0.39 is 12.0 Å². The fraction of sp³-hybridized carbons (Fsp3) is 0.857. The van der Waals surface area contributed by atoms with Crippen LogP contribution in [-0.2, 0) is 9.59 Å². The second-order valence-corrected chi connectivity index (χ2v) is 5.68. The summed E-state index contributed by atoms with van der Waals surface area (Å²) in [6.45, 7) is 3.67. The Morgan fingerprint density at radius 1 is 1.05 bits per heavy atom. The number of piperazine rings is 1. The van der Waals surface area contributed by atoms with E-state index in [1.807, 2.05) is 4.90 Å². The van der Waals surface area contributed by atoms with Gasteiger partial charge in [-0.05, 0) is 12.8 Å². The first-order chi connectivity index (χ1) is 9.68. The smallest absolute Gasteiger partial charge is 0.322 e. The van der Waals surface area contributed by atoms with E-state index in [9.17, 15) is 14.7 Å². The molecule has 2 aliphatic heterocycles. The van der Waals surface area contributed by atoms with E-state index in [4.69, 9.17) is 0 Å². The number of nitrogens with zero attached hydrogens (tertiary/aromatic N) is 2. The van der Waals surface area contributed by atoms with E-state index in [1.165, 1.54) is 19.3 Å². The van der Waals surface area contributed by atoms with Crippen molar-refractivity contribution in [1.82, 2.24) is 15.1 Å². The first kappa shape index (κ1) is 15.3. The van der Waals surface area contributed by atoms with Gasteiger partial charge in [-0.2, -0.15) is 0 Å². The van der Waals surface area contributed by atoms with Crippen LogP contribution in [0.1, 0.15) is 32.1 Å². The van der Waals surface area contributed by atoms with Crippen LogP contribution >= 0.6 is 0 Å². The molecule has 1 atom stereocenters. The maximum atomic E-state index is 12.4. The summed E-state index contributed by atoms with van der Waals surface area (Å²) < 4.78 is 0. The van der Waals surface area contributed by atoms with Gasteiger partial charge in [0.25, 0.3) is 0 Å². The van der Waals surface area contributed by atoms with Crippen molar-refractivity contribution in [2.45, 2.75) is 38.1 Å². The topological polar surface area (TPSA) is 72.9 Å². The lowest BCUT2D eigenvalue weighted by atomic mass is 10.1. The lowest BCUT2D eigenvalue weighted by Crippen LogP contribution is -2.57. The molecule has 6 nitrogen and oxygen atoms in total. The van der Waals surface area contributed by atoms with Crippen molar-refractivity contribution in [2.75, 3.05) is 39.3 Å². The van der Waals surface area contributed by atoms with Crippen molar-refractivity contribution in [2.24, 2.45) is 0 Å². The molecule has 0 bridgehead atoms. The molecule has 2 N–H and O–H groups in total. The van der Waals surface area contributed by atoms with Gasteiger partial charge in [0.2, 0.25) is 5.91 Å². The Kier molecular flexibility index (Phi) is 5.79. The highest BCUT2D eigenvalue weighted by Crippen LogP contribution is 2.12. The Bertz CT molecular complexity index is 341. The standard InChI is InChI=1S/C14H25N3O3/c18-13(16-7-4-2-1-3-5-8-16)11-17-9-6-15-10-12(17)14(19)20/h12,15H,1-11H2,(H,19,20). The van der Waals surface area contributed by atoms with Gasteiger partial charge in [-0.15, -0.1) is 0 Å². The van der Waals surface area contributed by atoms with E-state index in [2.05, 4.69) is 5.32 Å². The highest BCUT2D eigenvalue weighted by atomic mass is 16.4. The molecule has 6 heteroatoms. The number of nitrogens with one attached hydrogen (secondary N) is 1. The third-order valence-corrected chi connectivity index (χ3v) is 4.19. The number of carbonyl (C=O) groups excluding carboxylic acids is 1. The molecule has 0 aromatic heterocycles. The lowest BCUT2D eigenvalue weighted by molar-refractivity contribution is -0.145. The number of hydrogen-bond acceptors (Lipinski definition) is 4. The molecular weight excluding hydrogens is 258 g/mol. The van der Waals surface area contributed by atoms with Crippen molar-refractivity contribution in [3.8, 4) is 0 Å². The number of likely N-dealkylation sites (tertiary alicyclic amines) is 1. The maximum Gasteiger partial charge on any atom is 0.322 e. The van der Waals surface area contributed by atoms with E-state index in [0.717, 1.165) is 32.5 Å². The number of carboxylic acids is 1. The Morgan fingerprint density at radius 2 is 1.70 bits per heavy atom. The number of rotatable bonds is 3. The molecule has 0 radical (unpaired) electrons. The van der Waals surface area contributed by atoms with Crippen molar-refractivity contribution >= 4 is 11.9 Å². The second kappa shape index (κ2) is 7.59. The van der Waals surface area contributed by atoms with E-state index in [-0.39, 0.29) is 12.5 Å². The Balaban J connectivity index is 1.89. The van der Waals surface area contributed by atoms with Crippen LogP contribution in [0.15, 0.2) is 0 Å². The van der Waals surface area contributed by atoms with Gasteiger partial charge in [-0.25, -0.2) is 0 Å². The summed E-state index contributed by atoms with van der Waals surface area (Å²) in [5, 5.41) is 12.3. The molecule has 1 unspecified atom stereocenters. The number of carbonyl (C=O) groups is 2. The minimum atomic E-state index is -0.849. The van der Waals surface area contributed by atoms with Crippen LogP contribution in [0, 0.1) is 0 Å². The number of amides is 1. The van der Waals surface area contributed by atoms with Crippen LogP contribution in [0.5, 0.6) is 0 Å². The van der Waals surface area contributed by atoms with Gasteiger partial charge >= 0.3 is 5.97 Å². The highest BCUT2D eigenvalue weighted by molar-refractivity contribution is 5.80. The van der Waals surface area contributed by atoms with Crippen molar-refractivity contribution in [1.29, 1.82) is 0 Å². The molecule has 0 aromatic rings. The zero-order chi connectivity index (χ0) is 14.4. The van der Waals surface area contributed by atoms with Gasteiger partial charge in [0.15, 0.2) is 0 Å². The summed E-state index contributed by atoms with van der Waals surface area (Å²) in [7, 11) is 0. The quantitative estimate of drug-likeness (QED) is 0.771. The molecule has 0 aromatic carbocycles. The molecule has 2 saturated heterocycles. The molecule has 20 heavy (non-hydrogen) atoms. The Labute approximate surface area is 120 Å². The molecule has 2 heterocycles. The van der Waals surface area contributed by atoms with Crippen LogP contribution in [0.2, 0.25) is 0 Å². The summed E-state index contributed by atoms with van der Waals surface area (Å²) in [5.41, 5.74) is 0. The predicted octanol–water partition coefficient (Wildman–Crippen LogP) is 0.138. The maximum absolute atomic E-state index is 12.4. The molecule has 2 aliphatic rings. The van der Waals surface area contributed by atoms with Crippen LogP contribution in [0.4, 0.5) is 0 Å². The summed E-state index contributed by atoms with van der Waals surface area (Å²) in [6, 6.07) is -0.581. The zero-order valence-electron chi connectivity index (χ0n) is 12.0. The van der Waals surface area contributed by atoms with Gasteiger partial charge in [0, 0.05) is 32.7 Å². The van der Waals surface area contributed by atoms with Gasteiger partial charge in [-0.1, -0.05) is 19.3 Å². The van der Waals surface area contributed by atoms with E-state index in [0.29, 0.717) is 13.1 Å². The summed E-state index contributed by atoms with van der Waals surface area (Å²) in [6.07, 6.45) is 5.77. The van der Waals surface area contributed by atoms with Crippen molar-refractivity contribution in [3.05, 3.63) is 0 Å². The number of hydrogen-bond donors (Lipinski definition) is 2. The summed E-state index contributed by atoms with van der Waals surface area (Å²) >= 11 is 0. The molecular formula is C14H25N3O3. The van der Waals surface area contributed by atoms with Gasteiger partial charge in [0.1, 0.15) is 6.04 Å². The fourth-order valence-corrected chi connectivity index (χ4v) is 2.95. The molecule has 0 saturated carbocycles. The van der Waals surface area contributed by atoms with Crippen LogP contribution < -0.4 is 5.32 Å². The Hall–Kier alpha value is -1.14. The van der Waals surface area contributed by atoms with Crippen LogP contribution in [-0.4, -0.2) is 72.1 Å². The largest absolute Gasteiger partial charge is 0.480 e. The summed E-state index contributed by atoms with van der Waals surface area (Å²) in [5.74, 6) is -0.766. The number of aliphatic carboxylic acids is 1. The first-order valence-corrected chi connectivity index (χ1v) is 7.64. The average molecular weight is 283 g/mol. The monoisotopic (exact) mass is 283 g/mol. The summed E-state index contributed by atoms with van der Waals surface area (Å²) in [4.78, 5) is 27.3. The molecule has 2 rings (SSSR count). The van der Waals surface area contributed by atoms with Crippen molar-refractivity contribution < 1.29 is 14.7 Å². The van der Waals surface area contributed by atoms with Crippen LogP contribution in [0.3, 0.4) is 0 Å². The molecule has 0 spiro atoms. The van der Waals surface area contributed by atoms with E-state index in [1.54, 1.807) is 4.90 Å². The third-order valence-electron chi connectivity index (χ3n) is 4.19. The normalized spacial score (nSPS) is 25.8. The van der Waals surface area contributed by atoms with Gasteiger partial charge in [-0.3, -0.25) is 14.5 Å². The lowest BCUT2D eigenvalue weighted by Gasteiger charge is -2.34. The minimum Gasteiger partial charge on any atom is -0.480 e. The first-order valence-electron chi connectivity index (χ1n) is 7.64. The van der Waals surface area contributed by atoms with E-state index >= 15 is 0 Å². The molecule has 0 aliphatic carbocycles. The van der Waals surface area contributed by atoms with Crippen LogP contribution in [0.25, 0.3) is 0 Å². The molecule has 114 valence electrons. The molecule has 2 fully saturated rings. The predicted molar refractivity (Wildman–Crippen MR) is 75.5 cm³/mol. The zero-order valence-corrected chi connectivity index (χ0v) is 12.0. The number of carboxylic acid groups (broad SMARTS) is 1. The van der Waals surface area contributed by atoms with Gasteiger partial charge in [0.05, 0.1) is 6.54 Å². The third kappa shape index (κ3) is 4.18. The Morgan fingerprint density at radius 3 is 2.35 bits per heavy atom. The minimum absolute atomic E-state index is 0.0834. The van der Waals surface area contributed by atoms with Crippen molar-refractivity contribution in [3.63, 3.8) is 0 Å². The fourth-order valence-electron chi connectivity index (χ4n) is 2.95. The highest BCUT2D eigenvalue weighted by Gasteiger charge is 2.30. The molecule has 1 amide bonds. The SMILES string of the molecule is O=C(O)C1CNCCN1CC(=O)N1CCCCCCC1. The average Bonchev–Trinajstić information content (AvgIpc) is 2.38. The second-order valence-electron chi connectivity index (χ2n) is 5.68. The van der Waals surface area contributed by atoms with Gasteiger partial charge < -0.3 is 15.3 Å².